The molecule has 2 N–H and O–H groups in total. The first-order chi connectivity index (χ1) is 7.09. The number of hydrogen-bond donors (Lipinski definition) is 1. The molecule has 2 saturated carbocycles. The molecule has 0 saturated heterocycles. The molecule has 2 aliphatic carbocycles. The van der Waals surface area contributed by atoms with Crippen LogP contribution in [0.2, 0.25) is 0 Å². The third-order valence-corrected chi connectivity index (χ3v) is 3.82. The quantitative estimate of drug-likeness (QED) is 0.809. The second-order valence-corrected chi connectivity index (χ2v) is 4.72. The van der Waals surface area contributed by atoms with Crippen LogP contribution in [0.15, 0.2) is 12.4 Å². The predicted octanol–water partition coefficient (Wildman–Crippen LogP) is 1.88. The molecular weight excluding hydrogens is 198 g/mol. The Labute approximate surface area is 86.5 Å². The summed E-state index contributed by atoms with van der Waals surface area (Å²) < 4.78 is 27.2. The molecule has 1 aromatic heterocycles. The lowest BCUT2D eigenvalue weighted by Crippen LogP contribution is -2.38. The highest BCUT2D eigenvalue weighted by Crippen LogP contribution is 2.64. The minimum atomic E-state index is -0.552. The average molecular weight is 210 g/mol. The number of rotatable bonds is 2. The average Bonchev–Trinajstić information content (AvgIpc) is 3.02. The van der Waals surface area contributed by atoms with Crippen molar-refractivity contribution in [1.29, 1.82) is 0 Å². The summed E-state index contributed by atoms with van der Waals surface area (Å²) in [6.45, 7) is 0. The van der Waals surface area contributed by atoms with E-state index in [2.05, 4.69) is 4.98 Å². The molecule has 1 aromatic rings. The molecule has 1 heterocycles. The van der Waals surface area contributed by atoms with E-state index in [1.165, 1.54) is 0 Å². The first-order valence-corrected chi connectivity index (χ1v) is 5.17. The van der Waals surface area contributed by atoms with Gasteiger partial charge in [-0.1, -0.05) is 0 Å². The summed E-state index contributed by atoms with van der Waals surface area (Å²) in [5.41, 5.74) is 5.46. The molecule has 4 heteroatoms. The van der Waals surface area contributed by atoms with Gasteiger partial charge in [0.05, 0.1) is 12.4 Å². The Bertz CT molecular complexity index is 402. The van der Waals surface area contributed by atoms with Gasteiger partial charge in [0.1, 0.15) is 11.6 Å². The highest BCUT2D eigenvalue weighted by molar-refractivity contribution is 5.41. The third-order valence-electron chi connectivity index (χ3n) is 3.82. The lowest BCUT2D eigenvalue weighted by molar-refractivity contribution is 0.440. The highest BCUT2D eigenvalue weighted by Gasteiger charge is 2.65. The fraction of sp³-hybridized carbons (Fsp3) is 0.545. The summed E-state index contributed by atoms with van der Waals surface area (Å²) in [6.07, 6.45) is 5.47. The Morgan fingerprint density at radius 3 is 2.00 bits per heavy atom. The Hall–Kier alpha value is -1.03. The molecule has 80 valence electrons. The van der Waals surface area contributed by atoms with Crippen molar-refractivity contribution in [1.82, 2.24) is 4.98 Å². The Kier molecular flexibility index (Phi) is 1.57. The molecule has 0 bridgehead atoms. The zero-order valence-corrected chi connectivity index (χ0v) is 8.26. The Balaban J connectivity index is 2.13. The molecule has 2 fully saturated rings. The second kappa shape index (κ2) is 2.55. The van der Waals surface area contributed by atoms with Gasteiger partial charge >= 0.3 is 0 Å². The van der Waals surface area contributed by atoms with Gasteiger partial charge in [-0.15, -0.1) is 0 Å². The maximum atomic E-state index is 13.6. The van der Waals surface area contributed by atoms with E-state index in [1.54, 1.807) is 0 Å². The first kappa shape index (κ1) is 9.21. The number of nitrogens with two attached hydrogens (primary N) is 1. The summed E-state index contributed by atoms with van der Waals surface area (Å²) in [5, 5.41) is 0. The van der Waals surface area contributed by atoms with Crippen molar-refractivity contribution in [2.24, 2.45) is 5.73 Å². The number of halogens is 2. The summed E-state index contributed by atoms with van der Waals surface area (Å²) in [5.74, 6) is -1.10. The zero-order valence-electron chi connectivity index (χ0n) is 8.26. The zero-order chi connectivity index (χ0) is 10.7. The number of pyridine rings is 1. The molecule has 0 spiro atoms. The Morgan fingerprint density at radius 1 is 1.07 bits per heavy atom. The number of hydrogen-bond acceptors (Lipinski definition) is 2. The molecule has 0 aromatic carbocycles. The van der Waals surface area contributed by atoms with Crippen molar-refractivity contribution < 1.29 is 8.78 Å². The van der Waals surface area contributed by atoms with E-state index in [-0.39, 0.29) is 11.1 Å². The normalized spacial score (nSPS) is 25.0. The lowest BCUT2D eigenvalue weighted by Gasteiger charge is -2.23. The molecule has 0 atom stereocenters. The second-order valence-electron chi connectivity index (χ2n) is 4.72. The molecular formula is C11H12F2N2. The van der Waals surface area contributed by atoms with Gasteiger partial charge < -0.3 is 5.73 Å². The minimum absolute atomic E-state index is 0.164. The Morgan fingerprint density at radius 2 is 1.60 bits per heavy atom. The molecule has 0 aliphatic heterocycles. The van der Waals surface area contributed by atoms with Crippen molar-refractivity contribution in [3.8, 4) is 0 Å². The lowest BCUT2D eigenvalue weighted by atomic mass is 9.86. The molecule has 0 amide bonds. The maximum absolute atomic E-state index is 13.6. The predicted molar refractivity (Wildman–Crippen MR) is 51.2 cm³/mol. The van der Waals surface area contributed by atoms with Gasteiger partial charge in [-0.3, -0.25) is 4.98 Å². The van der Waals surface area contributed by atoms with E-state index in [0.29, 0.717) is 0 Å². The van der Waals surface area contributed by atoms with Crippen LogP contribution in [0.3, 0.4) is 0 Å². The van der Waals surface area contributed by atoms with Crippen LogP contribution in [0.25, 0.3) is 0 Å². The SMILES string of the molecule is NC1(C2(c3c(F)cncc3F)CC2)CC1. The molecule has 15 heavy (non-hydrogen) atoms. The smallest absolute Gasteiger partial charge is 0.148 e. The van der Waals surface area contributed by atoms with Gasteiger partial charge in [0.2, 0.25) is 0 Å². The largest absolute Gasteiger partial charge is 0.324 e. The standard InChI is InChI=1S/C11H12F2N2/c12-7-5-15-6-8(13)9(7)10(1-2-10)11(14)3-4-11/h5-6H,1-4,14H2. The molecule has 0 radical (unpaired) electrons. The van der Waals surface area contributed by atoms with Gasteiger partial charge in [0, 0.05) is 16.5 Å². The first-order valence-electron chi connectivity index (χ1n) is 5.17. The number of nitrogens with zero attached hydrogens (tertiary/aromatic N) is 1. The minimum Gasteiger partial charge on any atom is -0.324 e. The van der Waals surface area contributed by atoms with E-state index >= 15 is 0 Å². The van der Waals surface area contributed by atoms with Gasteiger partial charge in [-0.2, -0.15) is 0 Å². The van der Waals surface area contributed by atoms with Gasteiger partial charge in [0.15, 0.2) is 0 Å². The fourth-order valence-electron chi connectivity index (χ4n) is 2.60. The molecule has 2 nitrogen and oxygen atoms in total. The van der Waals surface area contributed by atoms with Crippen LogP contribution in [0.4, 0.5) is 8.78 Å². The van der Waals surface area contributed by atoms with Crippen LogP contribution in [0.1, 0.15) is 31.2 Å². The summed E-state index contributed by atoms with van der Waals surface area (Å²) in [4.78, 5) is 3.50. The molecule has 2 aliphatic rings. The van der Waals surface area contributed by atoms with Crippen LogP contribution < -0.4 is 5.73 Å². The van der Waals surface area contributed by atoms with E-state index < -0.39 is 17.0 Å². The van der Waals surface area contributed by atoms with Crippen LogP contribution in [-0.2, 0) is 5.41 Å². The van der Waals surface area contributed by atoms with Gasteiger partial charge in [-0.05, 0) is 25.7 Å². The third kappa shape index (κ3) is 1.08. The van der Waals surface area contributed by atoms with Crippen molar-refractivity contribution in [3.05, 3.63) is 29.6 Å². The van der Waals surface area contributed by atoms with Gasteiger partial charge in [0.25, 0.3) is 0 Å². The van der Waals surface area contributed by atoms with Crippen LogP contribution in [0, 0.1) is 11.6 Å². The van der Waals surface area contributed by atoms with E-state index in [1.807, 2.05) is 0 Å². The number of aromatic nitrogens is 1. The van der Waals surface area contributed by atoms with E-state index in [4.69, 9.17) is 5.73 Å². The van der Waals surface area contributed by atoms with Crippen molar-refractivity contribution in [2.75, 3.05) is 0 Å². The van der Waals surface area contributed by atoms with Crippen LogP contribution >= 0.6 is 0 Å². The topological polar surface area (TPSA) is 38.9 Å². The van der Waals surface area contributed by atoms with E-state index in [9.17, 15) is 8.78 Å². The van der Waals surface area contributed by atoms with Crippen molar-refractivity contribution >= 4 is 0 Å². The monoisotopic (exact) mass is 210 g/mol. The summed E-state index contributed by atoms with van der Waals surface area (Å²) >= 11 is 0. The maximum Gasteiger partial charge on any atom is 0.148 e. The summed E-state index contributed by atoms with van der Waals surface area (Å²) in [6, 6.07) is 0. The van der Waals surface area contributed by atoms with Crippen molar-refractivity contribution in [3.63, 3.8) is 0 Å². The summed E-state index contributed by atoms with van der Waals surface area (Å²) in [7, 11) is 0. The van der Waals surface area contributed by atoms with Gasteiger partial charge in [-0.25, -0.2) is 8.78 Å². The van der Waals surface area contributed by atoms with E-state index in [0.717, 1.165) is 38.1 Å². The fourth-order valence-corrected chi connectivity index (χ4v) is 2.60. The van der Waals surface area contributed by atoms with Crippen molar-refractivity contribution in [2.45, 2.75) is 36.6 Å². The molecule has 0 unspecified atom stereocenters. The molecule has 3 rings (SSSR count). The highest BCUT2D eigenvalue weighted by atomic mass is 19.1. The van der Waals surface area contributed by atoms with Crippen LogP contribution in [-0.4, -0.2) is 10.5 Å². The van der Waals surface area contributed by atoms with Crippen LogP contribution in [0.5, 0.6) is 0 Å².